The number of carbonyl (C=O) groups is 1. The SMILES string of the molecule is COc1cc([C@H]2NC(=S)NC(C)=C2C(=O)Nc2cccc(C)c2)cc(OC)c1OC. The fourth-order valence-corrected chi connectivity index (χ4v) is 3.71. The zero-order valence-corrected chi connectivity index (χ0v) is 18.4. The topological polar surface area (TPSA) is 80.9 Å². The molecule has 0 bridgehead atoms. The number of benzene rings is 2. The summed E-state index contributed by atoms with van der Waals surface area (Å²) in [6, 6.07) is 10.7. The Hall–Kier alpha value is -3.26. The van der Waals surface area contributed by atoms with Crippen molar-refractivity contribution in [3.05, 3.63) is 58.8 Å². The molecule has 1 atom stereocenters. The number of thiocarbonyl (C=S) groups is 1. The van der Waals surface area contributed by atoms with E-state index >= 15 is 0 Å². The molecule has 7 nitrogen and oxygen atoms in total. The van der Waals surface area contributed by atoms with Gasteiger partial charge in [-0.3, -0.25) is 4.79 Å². The van der Waals surface area contributed by atoms with Crippen LogP contribution in [0, 0.1) is 6.92 Å². The third-order valence-electron chi connectivity index (χ3n) is 4.81. The molecule has 1 amide bonds. The predicted molar refractivity (Wildman–Crippen MR) is 120 cm³/mol. The summed E-state index contributed by atoms with van der Waals surface area (Å²) < 4.78 is 16.3. The van der Waals surface area contributed by atoms with Crippen molar-refractivity contribution in [2.24, 2.45) is 0 Å². The van der Waals surface area contributed by atoms with Crippen LogP contribution in [0.4, 0.5) is 5.69 Å². The van der Waals surface area contributed by atoms with Gasteiger partial charge in [-0.15, -0.1) is 0 Å². The summed E-state index contributed by atoms with van der Waals surface area (Å²) in [6.07, 6.45) is 0. The maximum atomic E-state index is 13.2. The molecule has 0 fully saturated rings. The Morgan fingerprint density at radius 2 is 1.70 bits per heavy atom. The van der Waals surface area contributed by atoms with Gasteiger partial charge in [-0.1, -0.05) is 12.1 Å². The second-order valence-corrected chi connectivity index (χ2v) is 7.26. The average molecular weight is 428 g/mol. The van der Waals surface area contributed by atoms with Gasteiger partial charge in [-0.25, -0.2) is 0 Å². The van der Waals surface area contributed by atoms with Crippen LogP contribution in [0.2, 0.25) is 0 Å². The molecule has 8 heteroatoms. The quantitative estimate of drug-likeness (QED) is 0.609. The maximum Gasteiger partial charge on any atom is 0.255 e. The lowest BCUT2D eigenvalue weighted by atomic mass is 9.94. The summed E-state index contributed by atoms with van der Waals surface area (Å²) in [7, 11) is 4.64. The molecule has 0 radical (unpaired) electrons. The molecule has 0 aromatic heterocycles. The largest absolute Gasteiger partial charge is 0.493 e. The van der Waals surface area contributed by atoms with Crippen LogP contribution in [0.5, 0.6) is 17.2 Å². The first-order chi connectivity index (χ1) is 14.4. The molecular weight excluding hydrogens is 402 g/mol. The average Bonchev–Trinajstić information content (AvgIpc) is 2.71. The van der Waals surface area contributed by atoms with Crippen molar-refractivity contribution >= 4 is 28.9 Å². The molecule has 1 aliphatic rings. The molecule has 3 rings (SSSR count). The second kappa shape index (κ2) is 9.04. The first kappa shape index (κ1) is 21.4. The van der Waals surface area contributed by atoms with Crippen LogP contribution < -0.4 is 30.2 Å². The number of allylic oxidation sites excluding steroid dienone is 1. The summed E-state index contributed by atoms with van der Waals surface area (Å²) >= 11 is 5.34. The van der Waals surface area contributed by atoms with Crippen LogP contribution in [0.1, 0.15) is 24.1 Å². The number of ether oxygens (including phenoxy) is 3. The standard InChI is InChI=1S/C22H25N3O4S/c1-12-7-6-8-15(9-12)24-21(26)18-13(2)23-22(30)25-19(18)14-10-16(27-3)20(29-5)17(11-14)28-4/h6-11,19H,1-5H3,(H,24,26)(H2,23,25,30)/t19-/m1/s1. The number of amides is 1. The van der Waals surface area contributed by atoms with E-state index in [0.717, 1.165) is 16.8 Å². The van der Waals surface area contributed by atoms with Crippen LogP contribution >= 0.6 is 12.2 Å². The zero-order chi connectivity index (χ0) is 21.8. The first-order valence-electron chi connectivity index (χ1n) is 9.34. The van der Waals surface area contributed by atoms with Gasteiger partial charge >= 0.3 is 0 Å². The van der Waals surface area contributed by atoms with Gasteiger partial charge in [0.15, 0.2) is 16.6 Å². The highest BCUT2D eigenvalue weighted by Crippen LogP contribution is 2.41. The van der Waals surface area contributed by atoms with Gasteiger partial charge in [-0.2, -0.15) is 0 Å². The van der Waals surface area contributed by atoms with Crippen LogP contribution in [0.15, 0.2) is 47.7 Å². The number of rotatable bonds is 6. The van der Waals surface area contributed by atoms with Gasteiger partial charge in [0, 0.05) is 11.4 Å². The number of anilines is 1. The van der Waals surface area contributed by atoms with Gasteiger partial charge in [0.05, 0.1) is 32.9 Å². The summed E-state index contributed by atoms with van der Waals surface area (Å²) in [5, 5.41) is 9.62. The number of aryl methyl sites for hydroxylation is 1. The van der Waals surface area contributed by atoms with Gasteiger partial charge in [0.1, 0.15) is 0 Å². The molecule has 0 saturated carbocycles. The second-order valence-electron chi connectivity index (χ2n) is 6.85. The molecule has 0 spiro atoms. The third kappa shape index (κ3) is 4.33. The highest BCUT2D eigenvalue weighted by Gasteiger charge is 2.31. The minimum atomic E-state index is -0.503. The van der Waals surface area contributed by atoms with E-state index in [1.54, 1.807) is 33.5 Å². The Labute approximate surface area is 181 Å². The Balaban J connectivity index is 2.04. The van der Waals surface area contributed by atoms with E-state index in [4.69, 9.17) is 26.4 Å². The number of methoxy groups -OCH3 is 3. The molecule has 1 heterocycles. The molecule has 30 heavy (non-hydrogen) atoms. The van der Waals surface area contributed by atoms with E-state index in [0.29, 0.717) is 33.6 Å². The van der Waals surface area contributed by atoms with Gasteiger partial charge in [0.25, 0.3) is 5.91 Å². The van der Waals surface area contributed by atoms with Crippen molar-refractivity contribution in [1.82, 2.24) is 10.6 Å². The van der Waals surface area contributed by atoms with E-state index in [-0.39, 0.29) is 5.91 Å². The fraction of sp³-hybridized carbons (Fsp3) is 0.273. The number of hydrogen-bond donors (Lipinski definition) is 3. The maximum absolute atomic E-state index is 13.2. The zero-order valence-electron chi connectivity index (χ0n) is 17.6. The Morgan fingerprint density at radius 3 is 2.27 bits per heavy atom. The van der Waals surface area contributed by atoms with Gasteiger partial charge in [0.2, 0.25) is 5.75 Å². The van der Waals surface area contributed by atoms with Crippen LogP contribution in [-0.4, -0.2) is 32.3 Å². The van der Waals surface area contributed by atoms with Crippen molar-refractivity contribution in [3.8, 4) is 17.2 Å². The molecule has 2 aromatic rings. The van der Waals surface area contributed by atoms with E-state index in [9.17, 15) is 4.79 Å². The summed E-state index contributed by atoms with van der Waals surface area (Å²) in [4.78, 5) is 13.2. The lowest BCUT2D eigenvalue weighted by Gasteiger charge is -2.31. The highest BCUT2D eigenvalue weighted by atomic mass is 32.1. The van der Waals surface area contributed by atoms with Crippen molar-refractivity contribution in [3.63, 3.8) is 0 Å². The van der Waals surface area contributed by atoms with E-state index in [2.05, 4.69) is 16.0 Å². The van der Waals surface area contributed by atoms with Crippen LogP contribution in [-0.2, 0) is 4.79 Å². The Kier molecular flexibility index (Phi) is 6.47. The summed E-state index contributed by atoms with van der Waals surface area (Å²) in [5.41, 5.74) is 3.71. The van der Waals surface area contributed by atoms with Crippen LogP contribution in [0.25, 0.3) is 0 Å². The Morgan fingerprint density at radius 1 is 1.03 bits per heavy atom. The van der Waals surface area contributed by atoms with E-state index in [1.165, 1.54) is 0 Å². The van der Waals surface area contributed by atoms with Crippen molar-refractivity contribution in [1.29, 1.82) is 0 Å². The highest BCUT2D eigenvalue weighted by molar-refractivity contribution is 7.80. The molecule has 0 aliphatic carbocycles. The summed E-state index contributed by atoms with van der Waals surface area (Å²) in [6.45, 7) is 3.80. The van der Waals surface area contributed by atoms with Crippen molar-refractivity contribution in [2.75, 3.05) is 26.6 Å². The summed E-state index contributed by atoms with van der Waals surface area (Å²) in [5.74, 6) is 1.23. The van der Waals surface area contributed by atoms with Crippen molar-refractivity contribution < 1.29 is 19.0 Å². The number of hydrogen-bond acceptors (Lipinski definition) is 5. The third-order valence-corrected chi connectivity index (χ3v) is 5.03. The monoisotopic (exact) mass is 427 g/mol. The van der Waals surface area contributed by atoms with E-state index < -0.39 is 6.04 Å². The number of nitrogens with one attached hydrogen (secondary N) is 3. The Bertz CT molecular complexity index is 994. The number of carbonyl (C=O) groups excluding carboxylic acids is 1. The van der Waals surface area contributed by atoms with Gasteiger partial charge < -0.3 is 30.2 Å². The van der Waals surface area contributed by atoms with Crippen LogP contribution in [0.3, 0.4) is 0 Å². The normalized spacial score (nSPS) is 15.8. The fourth-order valence-electron chi connectivity index (χ4n) is 3.43. The first-order valence-corrected chi connectivity index (χ1v) is 9.75. The van der Waals surface area contributed by atoms with Crippen molar-refractivity contribution in [2.45, 2.75) is 19.9 Å². The van der Waals surface area contributed by atoms with Gasteiger partial charge in [-0.05, 0) is 61.5 Å². The lowest BCUT2D eigenvalue weighted by molar-refractivity contribution is -0.113. The molecule has 3 N–H and O–H groups in total. The smallest absolute Gasteiger partial charge is 0.255 e. The molecule has 158 valence electrons. The minimum absolute atomic E-state index is 0.237. The molecule has 0 unspecified atom stereocenters. The lowest BCUT2D eigenvalue weighted by Crippen LogP contribution is -2.45. The molecule has 2 aromatic carbocycles. The predicted octanol–water partition coefficient (Wildman–Crippen LogP) is 3.45. The minimum Gasteiger partial charge on any atom is -0.493 e. The van der Waals surface area contributed by atoms with E-state index in [1.807, 2.05) is 38.1 Å². The molecular formula is C22H25N3O4S. The molecule has 1 aliphatic heterocycles. The molecule has 0 saturated heterocycles.